The highest BCUT2D eigenvalue weighted by Gasteiger charge is 2.22. The van der Waals surface area contributed by atoms with Crippen molar-refractivity contribution in [1.29, 1.82) is 0 Å². The molecule has 0 saturated heterocycles. The smallest absolute Gasteiger partial charge is 0.242 e. The summed E-state index contributed by atoms with van der Waals surface area (Å²) in [6.45, 7) is 1.94. The molecule has 1 fully saturated rings. The average molecular weight is 275 g/mol. The lowest BCUT2D eigenvalue weighted by atomic mass is 9.95. The van der Waals surface area contributed by atoms with Crippen molar-refractivity contribution in [3.05, 3.63) is 24.3 Å². The van der Waals surface area contributed by atoms with Gasteiger partial charge in [-0.3, -0.25) is 4.79 Å². The first-order valence-corrected chi connectivity index (χ1v) is 7.46. The van der Waals surface area contributed by atoms with Crippen molar-refractivity contribution >= 4 is 17.3 Å². The Morgan fingerprint density at radius 1 is 1.25 bits per heavy atom. The van der Waals surface area contributed by atoms with Crippen LogP contribution < -0.4 is 16.0 Å². The van der Waals surface area contributed by atoms with Crippen LogP contribution in [0.4, 0.5) is 11.4 Å². The molecule has 1 amide bonds. The number of hydrogen-bond acceptors (Lipinski definition) is 3. The Kier molecular flexibility index (Phi) is 4.88. The summed E-state index contributed by atoms with van der Waals surface area (Å²) < 4.78 is 0. The zero-order valence-electron chi connectivity index (χ0n) is 12.4. The lowest BCUT2D eigenvalue weighted by Gasteiger charge is -2.29. The van der Waals surface area contributed by atoms with Crippen LogP contribution in [-0.2, 0) is 4.79 Å². The average Bonchev–Trinajstić information content (AvgIpc) is 2.47. The fraction of sp³-hybridized carbons (Fsp3) is 0.562. The number of nitrogens with one attached hydrogen (secondary N) is 1. The van der Waals surface area contributed by atoms with Crippen LogP contribution in [0.1, 0.15) is 39.0 Å². The molecule has 0 aliphatic heterocycles. The highest BCUT2D eigenvalue weighted by molar-refractivity contribution is 5.85. The minimum Gasteiger partial charge on any atom is -0.399 e. The lowest BCUT2D eigenvalue weighted by molar-refractivity contribution is -0.122. The van der Waals surface area contributed by atoms with Crippen LogP contribution in [0.2, 0.25) is 0 Å². The molecule has 0 spiro atoms. The van der Waals surface area contributed by atoms with Gasteiger partial charge in [0.1, 0.15) is 6.04 Å². The zero-order valence-corrected chi connectivity index (χ0v) is 12.4. The van der Waals surface area contributed by atoms with Gasteiger partial charge in [0.05, 0.1) is 0 Å². The second kappa shape index (κ2) is 6.64. The Morgan fingerprint density at radius 3 is 2.45 bits per heavy atom. The van der Waals surface area contributed by atoms with E-state index in [1.165, 1.54) is 19.3 Å². The zero-order chi connectivity index (χ0) is 14.5. The van der Waals surface area contributed by atoms with E-state index in [0.717, 1.165) is 24.2 Å². The standard InChI is InChI=1S/C16H25N3O/c1-12(16(20)18-14-6-4-3-5-7-14)19(2)15-10-8-13(17)9-11-15/h8-12,14H,3-7,17H2,1-2H3,(H,18,20). The molecule has 1 unspecified atom stereocenters. The summed E-state index contributed by atoms with van der Waals surface area (Å²) in [6, 6.07) is 7.79. The number of likely N-dealkylation sites (N-methyl/N-ethyl adjacent to an activating group) is 1. The Balaban J connectivity index is 1.93. The van der Waals surface area contributed by atoms with E-state index in [-0.39, 0.29) is 11.9 Å². The maximum absolute atomic E-state index is 12.3. The number of hydrogen-bond donors (Lipinski definition) is 2. The van der Waals surface area contributed by atoms with Gasteiger partial charge in [-0.25, -0.2) is 0 Å². The highest BCUT2D eigenvalue weighted by Crippen LogP contribution is 2.19. The maximum Gasteiger partial charge on any atom is 0.242 e. The van der Waals surface area contributed by atoms with E-state index in [2.05, 4.69) is 5.32 Å². The number of amides is 1. The van der Waals surface area contributed by atoms with Crippen molar-refractivity contribution in [3.8, 4) is 0 Å². The summed E-state index contributed by atoms with van der Waals surface area (Å²) in [5, 5.41) is 3.18. The van der Waals surface area contributed by atoms with Crippen molar-refractivity contribution < 1.29 is 4.79 Å². The molecule has 1 saturated carbocycles. The number of nitrogens with two attached hydrogens (primary N) is 1. The molecule has 1 aromatic carbocycles. The fourth-order valence-corrected chi connectivity index (χ4v) is 2.68. The van der Waals surface area contributed by atoms with E-state index in [9.17, 15) is 4.79 Å². The fourth-order valence-electron chi connectivity index (χ4n) is 2.68. The number of nitrogen functional groups attached to an aromatic ring is 1. The summed E-state index contributed by atoms with van der Waals surface area (Å²) in [7, 11) is 1.94. The third-order valence-electron chi connectivity index (χ3n) is 4.21. The number of anilines is 2. The molecule has 0 heterocycles. The van der Waals surface area contributed by atoms with Gasteiger partial charge < -0.3 is 16.0 Å². The van der Waals surface area contributed by atoms with Crippen LogP contribution >= 0.6 is 0 Å². The van der Waals surface area contributed by atoms with Crippen LogP contribution in [0.3, 0.4) is 0 Å². The molecule has 0 aromatic heterocycles. The van der Waals surface area contributed by atoms with Crippen LogP contribution in [0.25, 0.3) is 0 Å². The quantitative estimate of drug-likeness (QED) is 0.830. The van der Waals surface area contributed by atoms with Gasteiger partial charge in [0, 0.05) is 24.5 Å². The van der Waals surface area contributed by atoms with Crippen molar-refractivity contribution in [2.24, 2.45) is 0 Å². The molecule has 1 aromatic rings. The van der Waals surface area contributed by atoms with Crippen molar-refractivity contribution in [3.63, 3.8) is 0 Å². The second-order valence-electron chi connectivity index (χ2n) is 5.72. The lowest BCUT2D eigenvalue weighted by Crippen LogP contribution is -2.47. The summed E-state index contributed by atoms with van der Waals surface area (Å²) in [5.74, 6) is 0.108. The van der Waals surface area contributed by atoms with Gasteiger partial charge >= 0.3 is 0 Å². The van der Waals surface area contributed by atoms with Crippen LogP contribution in [0.5, 0.6) is 0 Å². The van der Waals surface area contributed by atoms with E-state index < -0.39 is 0 Å². The summed E-state index contributed by atoms with van der Waals surface area (Å²) in [6.07, 6.45) is 5.99. The maximum atomic E-state index is 12.3. The highest BCUT2D eigenvalue weighted by atomic mass is 16.2. The van der Waals surface area contributed by atoms with Crippen molar-refractivity contribution in [2.45, 2.75) is 51.1 Å². The van der Waals surface area contributed by atoms with Gasteiger partial charge in [-0.05, 0) is 44.0 Å². The van der Waals surface area contributed by atoms with E-state index in [4.69, 9.17) is 5.73 Å². The topological polar surface area (TPSA) is 58.4 Å². The molecule has 3 N–H and O–H groups in total. The normalized spacial score (nSPS) is 17.5. The number of rotatable bonds is 4. The minimum atomic E-state index is -0.180. The predicted molar refractivity (Wildman–Crippen MR) is 83.7 cm³/mol. The Labute approximate surface area is 121 Å². The van der Waals surface area contributed by atoms with Gasteiger partial charge in [0.25, 0.3) is 0 Å². The van der Waals surface area contributed by atoms with Crippen molar-refractivity contribution in [1.82, 2.24) is 5.32 Å². The van der Waals surface area contributed by atoms with Gasteiger partial charge in [-0.2, -0.15) is 0 Å². The van der Waals surface area contributed by atoms with E-state index in [1.807, 2.05) is 43.1 Å². The summed E-state index contributed by atoms with van der Waals surface area (Å²) in [4.78, 5) is 14.3. The number of nitrogens with zero attached hydrogens (tertiary/aromatic N) is 1. The molecule has 1 aliphatic rings. The first kappa shape index (κ1) is 14.7. The van der Waals surface area contributed by atoms with Crippen LogP contribution in [-0.4, -0.2) is 25.0 Å². The third-order valence-corrected chi connectivity index (χ3v) is 4.21. The summed E-state index contributed by atoms with van der Waals surface area (Å²) in [5.41, 5.74) is 7.43. The Bertz CT molecular complexity index is 438. The molecule has 1 atom stereocenters. The van der Waals surface area contributed by atoms with E-state index in [1.54, 1.807) is 0 Å². The molecule has 4 heteroatoms. The first-order chi connectivity index (χ1) is 9.58. The van der Waals surface area contributed by atoms with Gasteiger partial charge in [-0.1, -0.05) is 19.3 Å². The van der Waals surface area contributed by atoms with E-state index in [0.29, 0.717) is 6.04 Å². The van der Waals surface area contributed by atoms with Gasteiger partial charge in [-0.15, -0.1) is 0 Å². The summed E-state index contributed by atoms with van der Waals surface area (Å²) >= 11 is 0. The molecule has 0 bridgehead atoms. The Morgan fingerprint density at radius 2 is 1.85 bits per heavy atom. The molecular formula is C16H25N3O. The van der Waals surface area contributed by atoms with Gasteiger partial charge in [0.15, 0.2) is 0 Å². The monoisotopic (exact) mass is 275 g/mol. The Hall–Kier alpha value is -1.71. The molecule has 20 heavy (non-hydrogen) atoms. The third kappa shape index (κ3) is 3.65. The first-order valence-electron chi connectivity index (χ1n) is 7.46. The number of benzene rings is 1. The predicted octanol–water partition coefficient (Wildman–Crippen LogP) is 2.54. The molecule has 1 aliphatic carbocycles. The molecule has 110 valence electrons. The number of carbonyl (C=O) groups is 1. The largest absolute Gasteiger partial charge is 0.399 e. The molecule has 0 radical (unpaired) electrons. The van der Waals surface area contributed by atoms with E-state index >= 15 is 0 Å². The van der Waals surface area contributed by atoms with Crippen LogP contribution in [0, 0.1) is 0 Å². The minimum absolute atomic E-state index is 0.108. The second-order valence-corrected chi connectivity index (χ2v) is 5.72. The van der Waals surface area contributed by atoms with Crippen molar-refractivity contribution in [2.75, 3.05) is 17.7 Å². The molecular weight excluding hydrogens is 250 g/mol. The molecule has 4 nitrogen and oxygen atoms in total. The molecule has 2 rings (SSSR count). The van der Waals surface area contributed by atoms with Crippen LogP contribution in [0.15, 0.2) is 24.3 Å². The number of carbonyl (C=O) groups excluding carboxylic acids is 1. The van der Waals surface area contributed by atoms with Gasteiger partial charge in [0.2, 0.25) is 5.91 Å². The SMILES string of the molecule is CC(C(=O)NC1CCCCC1)N(C)c1ccc(N)cc1.